The molecule has 0 radical (unpaired) electrons. The van der Waals surface area contributed by atoms with Crippen LogP contribution in [0.5, 0.6) is 0 Å². The van der Waals surface area contributed by atoms with Crippen LogP contribution in [-0.2, 0) is 13.6 Å². The molecule has 1 heterocycles. The molecule has 0 aliphatic carbocycles. The lowest BCUT2D eigenvalue weighted by Crippen LogP contribution is -2.35. The number of fused-ring (bicyclic) bond motifs is 1. The van der Waals surface area contributed by atoms with Gasteiger partial charge in [0.25, 0.3) is 0 Å². The summed E-state index contributed by atoms with van der Waals surface area (Å²) in [5, 5.41) is 3.46. The Kier molecular flexibility index (Phi) is 3.27. The van der Waals surface area contributed by atoms with Crippen LogP contribution in [-0.4, -0.2) is 15.1 Å². The number of aryl methyl sites for hydroxylation is 1. The summed E-state index contributed by atoms with van der Waals surface area (Å²) in [5.41, 5.74) is 2.31. The molecule has 1 aromatic carbocycles. The van der Waals surface area contributed by atoms with Crippen molar-refractivity contribution in [2.24, 2.45) is 7.05 Å². The Morgan fingerprint density at radius 2 is 2.06 bits per heavy atom. The summed E-state index contributed by atoms with van der Waals surface area (Å²) in [4.78, 5) is 4.65. The van der Waals surface area contributed by atoms with Crippen molar-refractivity contribution in [1.29, 1.82) is 0 Å². The summed E-state index contributed by atoms with van der Waals surface area (Å²) in [6.45, 7) is 7.26. The molecule has 3 nitrogen and oxygen atoms in total. The number of halogens is 1. The maximum atomic E-state index is 4.65. The van der Waals surface area contributed by atoms with Gasteiger partial charge in [0.15, 0.2) is 0 Å². The molecule has 4 heteroatoms. The molecule has 0 aliphatic heterocycles. The highest BCUT2D eigenvalue weighted by Gasteiger charge is 2.12. The number of nitrogens with zero attached hydrogens (tertiary/aromatic N) is 2. The van der Waals surface area contributed by atoms with Gasteiger partial charge in [0.05, 0.1) is 17.6 Å². The van der Waals surface area contributed by atoms with Crippen molar-refractivity contribution in [2.75, 3.05) is 0 Å². The van der Waals surface area contributed by atoms with Crippen LogP contribution in [0.1, 0.15) is 26.6 Å². The molecule has 92 valence electrons. The van der Waals surface area contributed by atoms with E-state index < -0.39 is 0 Å². The first kappa shape index (κ1) is 12.6. The van der Waals surface area contributed by atoms with Crippen LogP contribution >= 0.6 is 15.9 Å². The number of imidazole rings is 1. The molecule has 2 rings (SSSR count). The lowest BCUT2D eigenvalue weighted by molar-refractivity contribution is 0.415. The molecule has 17 heavy (non-hydrogen) atoms. The van der Waals surface area contributed by atoms with E-state index in [1.165, 1.54) is 5.52 Å². The summed E-state index contributed by atoms with van der Waals surface area (Å²) in [7, 11) is 2.06. The number of benzene rings is 1. The van der Waals surface area contributed by atoms with Crippen LogP contribution in [0.2, 0.25) is 0 Å². The average molecular weight is 296 g/mol. The first-order valence-electron chi connectivity index (χ1n) is 5.73. The Bertz CT molecular complexity index is 537. The first-order chi connectivity index (χ1) is 7.87. The van der Waals surface area contributed by atoms with Crippen LogP contribution in [0.4, 0.5) is 0 Å². The maximum absolute atomic E-state index is 4.65. The third kappa shape index (κ3) is 2.87. The Morgan fingerprint density at radius 1 is 1.35 bits per heavy atom. The predicted molar refractivity (Wildman–Crippen MR) is 75.0 cm³/mol. The largest absolute Gasteiger partial charge is 0.330 e. The van der Waals surface area contributed by atoms with Gasteiger partial charge in [0, 0.05) is 17.1 Å². The molecule has 0 atom stereocenters. The topological polar surface area (TPSA) is 29.9 Å². The van der Waals surface area contributed by atoms with Crippen molar-refractivity contribution < 1.29 is 0 Å². The van der Waals surface area contributed by atoms with E-state index in [9.17, 15) is 0 Å². The van der Waals surface area contributed by atoms with Gasteiger partial charge >= 0.3 is 0 Å². The normalized spacial score (nSPS) is 12.3. The van der Waals surface area contributed by atoms with Gasteiger partial charge in [-0.2, -0.15) is 0 Å². The van der Waals surface area contributed by atoms with E-state index in [1.54, 1.807) is 0 Å². The number of aromatic nitrogens is 2. The molecule has 1 aromatic heterocycles. The van der Waals surface area contributed by atoms with E-state index >= 15 is 0 Å². The highest BCUT2D eigenvalue weighted by molar-refractivity contribution is 9.10. The minimum atomic E-state index is 0.110. The molecule has 0 saturated carbocycles. The molecular formula is C13H18BrN3. The molecule has 0 saturated heterocycles. The molecule has 2 aromatic rings. The van der Waals surface area contributed by atoms with Crippen LogP contribution in [0, 0.1) is 0 Å². The number of nitrogens with one attached hydrogen (secondary N) is 1. The van der Waals surface area contributed by atoms with E-state index in [4.69, 9.17) is 0 Å². The molecule has 0 bridgehead atoms. The fourth-order valence-corrected chi connectivity index (χ4v) is 2.07. The van der Waals surface area contributed by atoms with Crippen molar-refractivity contribution in [3.05, 3.63) is 28.5 Å². The lowest BCUT2D eigenvalue weighted by atomic mass is 10.1. The third-order valence-corrected chi connectivity index (χ3v) is 3.21. The van der Waals surface area contributed by atoms with Crippen LogP contribution in [0.25, 0.3) is 11.0 Å². The van der Waals surface area contributed by atoms with Gasteiger partial charge in [-0.1, -0.05) is 15.9 Å². The minimum Gasteiger partial charge on any atom is -0.330 e. The second-order valence-electron chi connectivity index (χ2n) is 5.32. The fourth-order valence-electron chi connectivity index (χ4n) is 1.73. The zero-order valence-corrected chi connectivity index (χ0v) is 12.3. The summed E-state index contributed by atoms with van der Waals surface area (Å²) in [6, 6.07) is 6.19. The summed E-state index contributed by atoms with van der Waals surface area (Å²) >= 11 is 3.47. The zero-order chi connectivity index (χ0) is 12.6. The van der Waals surface area contributed by atoms with Crippen molar-refractivity contribution >= 4 is 27.0 Å². The zero-order valence-electron chi connectivity index (χ0n) is 10.7. The van der Waals surface area contributed by atoms with E-state index in [0.717, 1.165) is 22.4 Å². The fraction of sp³-hybridized carbons (Fsp3) is 0.462. The SMILES string of the molecule is Cn1c(CNC(C)(C)C)nc2cc(Br)ccc21. The van der Waals surface area contributed by atoms with Gasteiger partial charge in [-0.25, -0.2) is 4.98 Å². The molecule has 0 unspecified atom stereocenters. The van der Waals surface area contributed by atoms with E-state index in [1.807, 2.05) is 6.07 Å². The van der Waals surface area contributed by atoms with Gasteiger partial charge < -0.3 is 9.88 Å². The summed E-state index contributed by atoms with van der Waals surface area (Å²) < 4.78 is 3.21. The molecular weight excluding hydrogens is 278 g/mol. The second kappa shape index (κ2) is 4.42. The third-order valence-electron chi connectivity index (χ3n) is 2.71. The van der Waals surface area contributed by atoms with Crippen molar-refractivity contribution in [2.45, 2.75) is 32.9 Å². The predicted octanol–water partition coefficient (Wildman–Crippen LogP) is 3.22. The Morgan fingerprint density at radius 3 is 2.71 bits per heavy atom. The average Bonchev–Trinajstić information content (AvgIpc) is 2.51. The summed E-state index contributed by atoms with van der Waals surface area (Å²) in [6.07, 6.45) is 0. The number of hydrogen-bond acceptors (Lipinski definition) is 2. The minimum absolute atomic E-state index is 0.110. The smallest absolute Gasteiger partial charge is 0.123 e. The van der Waals surface area contributed by atoms with Crippen molar-refractivity contribution in [1.82, 2.24) is 14.9 Å². The maximum Gasteiger partial charge on any atom is 0.123 e. The molecule has 1 N–H and O–H groups in total. The van der Waals surface area contributed by atoms with Crippen LogP contribution in [0.3, 0.4) is 0 Å². The van der Waals surface area contributed by atoms with Crippen LogP contribution < -0.4 is 5.32 Å². The number of rotatable bonds is 2. The van der Waals surface area contributed by atoms with E-state index in [-0.39, 0.29) is 5.54 Å². The van der Waals surface area contributed by atoms with Crippen molar-refractivity contribution in [3.63, 3.8) is 0 Å². The van der Waals surface area contributed by atoms with Gasteiger partial charge in [0.1, 0.15) is 5.82 Å². The molecule has 0 amide bonds. The van der Waals surface area contributed by atoms with Gasteiger partial charge in [-0.3, -0.25) is 0 Å². The van der Waals surface area contributed by atoms with Crippen molar-refractivity contribution in [3.8, 4) is 0 Å². The quantitative estimate of drug-likeness (QED) is 0.922. The molecule has 0 aliphatic rings. The van der Waals surface area contributed by atoms with E-state index in [2.05, 4.69) is 70.7 Å². The Hall–Kier alpha value is -0.870. The van der Waals surface area contributed by atoms with Gasteiger partial charge in [0.2, 0.25) is 0 Å². The van der Waals surface area contributed by atoms with E-state index in [0.29, 0.717) is 0 Å². The molecule has 0 fully saturated rings. The lowest BCUT2D eigenvalue weighted by Gasteiger charge is -2.20. The summed E-state index contributed by atoms with van der Waals surface area (Å²) in [5.74, 6) is 1.06. The first-order valence-corrected chi connectivity index (χ1v) is 6.52. The molecule has 0 spiro atoms. The highest BCUT2D eigenvalue weighted by Crippen LogP contribution is 2.20. The van der Waals surface area contributed by atoms with Gasteiger partial charge in [-0.15, -0.1) is 0 Å². The van der Waals surface area contributed by atoms with Gasteiger partial charge in [-0.05, 0) is 39.0 Å². The number of hydrogen-bond donors (Lipinski definition) is 1. The Balaban J connectivity index is 2.32. The van der Waals surface area contributed by atoms with Crippen LogP contribution in [0.15, 0.2) is 22.7 Å². The second-order valence-corrected chi connectivity index (χ2v) is 6.24. The standard InChI is InChI=1S/C13H18BrN3/c1-13(2,3)15-8-12-16-10-7-9(14)5-6-11(10)17(12)4/h5-7,15H,8H2,1-4H3. The monoisotopic (exact) mass is 295 g/mol. The highest BCUT2D eigenvalue weighted by atomic mass is 79.9. The Labute approximate surface area is 110 Å².